The zero-order valence-electron chi connectivity index (χ0n) is 28.6. The number of rotatable bonds is 11. The van der Waals surface area contributed by atoms with Crippen LogP contribution >= 0.6 is 0 Å². The summed E-state index contributed by atoms with van der Waals surface area (Å²) in [5, 5.41) is 6.47. The molecule has 3 amide bonds. The molecule has 3 aliphatic heterocycles. The van der Waals surface area contributed by atoms with Crippen molar-refractivity contribution in [3.63, 3.8) is 0 Å². The van der Waals surface area contributed by atoms with Gasteiger partial charge in [-0.3, -0.25) is 15.0 Å². The van der Waals surface area contributed by atoms with E-state index in [2.05, 4.69) is 20.4 Å². The number of likely N-dealkylation sites (tertiary alicyclic amines) is 1. The summed E-state index contributed by atoms with van der Waals surface area (Å²) >= 11 is 0. The first kappa shape index (κ1) is 36.7. The predicted octanol–water partition coefficient (Wildman–Crippen LogP) is 4.09. The quantitative estimate of drug-likeness (QED) is 0.284. The van der Waals surface area contributed by atoms with Crippen molar-refractivity contribution in [2.75, 3.05) is 65.3 Å². The molecule has 0 bridgehead atoms. The fraction of sp³-hybridized carbons (Fsp3) is 0.529. The largest absolute Gasteiger partial charge is 0.455 e. The molecule has 3 aliphatic rings. The van der Waals surface area contributed by atoms with Gasteiger partial charge < -0.3 is 23.8 Å². The summed E-state index contributed by atoms with van der Waals surface area (Å²) < 4.78 is 85.8. The SMILES string of the molecule is CC(C)CS(=O)(=O)c1ccccc1Oc1ccc(-c2noc(CC3CN(C)CCC34C(=O)NC(=O)N4CCN3CCOCC3)n2)cc1C(F)(F)F. The lowest BCUT2D eigenvalue weighted by Gasteiger charge is -2.47. The minimum Gasteiger partial charge on any atom is -0.455 e. The molecule has 51 heavy (non-hydrogen) atoms. The van der Waals surface area contributed by atoms with Crippen LogP contribution in [-0.2, 0) is 32.0 Å². The standard InChI is InChI=1S/C34H41F3N6O7S/c1-22(2)21-51(46,47)28-7-5-4-6-27(28)49-26-9-8-23(18-25(26)34(35,36)37)30-38-29(50-40-30)19-24-20-41(3)11-10-33(24)31(44)39-32(45)43(33)13-12-42-14-16-48-17-15-42/h4-9,18,22,24H,10-17,19-21H2,1-3H3,(H,39,44,45). The number of amides is 3. The van der Waals surface area contributed by atoms with Gasteiger partial charge >= 0.3 is 12.2 Å². The number of nitrogens with one attached hydrogen (secondary N) is 1. The van der Waals surface area contributed by atoms with Crippen LogP contribution in [-0.4, -0.2) is 116 Å². The van der Waals surface area contributed by atoms with Gasteiger partial charge in [0, 0.05) is 57.2 Å². The Kier molecular flexibility index (Phi) is 10.5. The minimum atomic E-state index is -4.88. The van der Waals surface area contributed by atoms with Crippen LogP contribution in [0.15, 0.2) is 51.9 Å². The van der Waals surface area contributed by atoms with Gasteiger partial charge in [-0.15, -0.1) is 0 Å². The van der Waals surface area contributed by atoms with Gasteiger partial charge in [-0.25, -0.2) is 13.2 Å². The highest BCUT2D eigenvalue weighted by Crippen LogP contribution is 2.42. The van der Waals surface area contributed by atoms with Crippen molar-refractivity contribution in [3.05, 3.63) is 53.9 Å². The van der Waals surface area contributed by atoms with Crippen molar-refractivity contribution in [1.82, 2.24) is 30.2 Å². The van der Waals surface area contributed by atoms with Crippen molar-refractivity contribution < 1.29 is 45.2 Å². The molecule has 0 aliphatic carbocycles. The number of morpholine rings is 1. The Labute approximate surface area is 294 Å². The normalized spacial score (nSPS) is 22.3. The molecule has 2 atom stereocenters. The summed E-state index contributed by atoms with van der Waals surface area (Å²) in [6.45, 7) is 8.01. The number of benzene rings is 2. The first-order chi connectivity index (χ1) is 24.2. The van der Waals surface area contributed by atoms with E-state index in [1.807, 2.05) is 11.9 Å². The highest BCUT2D eigenvalue weighted by molar-refractivity contribution is 7.91. The number of aromatic nitrogens is 2. The monoisotopic (exact) mass is 734 g/mol. The summed E-state index contributed by atoms with van der Waals surface area (Å²) in [6, 6.07) is 8.35. The Hall–Kier alpha value is -4.06. The minimum absolute atomic E-state index is 0.0122. The Morgan fingerprint density at radius 1 is 1.06 bits per heavy atom. The maximum Gasteiger partial charge on any atom is 0.420 e. The van der Waals surface area contributed by atoms with E-state index in [-0.39, 0.29) is 46.0 Å². The van der Waals surface area contributed by atoms with E-state index in [0.717, 1.165) is 25.2 Å². The first-order valence-corrected chi connectivity index (χ1v) is 18.5. The predicted molar refractivity (Wildman–Crippen MR) is 178 cm³/mol. The molecule has 1 N–H and O–H groups in total. The third-order valence-electron chi connectivity index (χ3n) is 9.56. The molecule has 3 fully saturated rings. The average molecular weight is 735 g/mol. The molecular weight excluding hydrogens is 693 g/mol. The number of urea groups is 1. The van der Waals surface area contributed by atoms with Gasteiger partial charge in [0.25, 0.3) is 5.91 Å². The highest BCUT2D eigenvalue weighted by Gasteiger charge is 2.59. The number of hydrogen-bond acceptors (Lipinski definition) is 11. The second-order valence-corrected chi connectivity index (χ2v) is 15.6. The molecule has 6 rings (SSSR count). The molecule has 4 heterocycles. The molecule has 2 aromatic carbocycles. The summed E-state index contributed by atoms with van der Waals surface area (Å²) in [5.41, 5.74) is -2.33. The van der Waals surface area contributed by atoms with Gasteiger partial charge in [-0.2, -0.15) is 18.2 Å². The van der Waals surface area contributed by atoms with Crippen molar-refractivity contribution >= 4 is 21.8 Å². The second kappa shape index (κ2) is 14.5. The molecule has 3 saturated heterocycles. The van der Waals surface area contributed by atoms with E-state index < -0.39 is 50.7 Å². The van der Waals surface area contributed by atoms with Crippen molar-refractivity contribution in [3.8, 4) is 22.9 Å². The molecule has 1 spiro atoms. The van der Waals surface area contributed by atoms with Crippen molar-refractivity contribution in [1.29, 1.82) is 0 Å². The number of para-hydroxylation sites is 1. The highest BCUT2D eigenvalue weighted by atomic mass is 32.2. The van der Waals surface area contributed by atoms with Gasteiger partial charge in [-0.1, -0.05) is 31.1 Å². The van der Waals surface area contributed by atoms with Gasteiger partial charge in [0.05, 0.1) is 24.5 Å². The topological polar surface area (TPSA) is 147 Å². The third-order valence-corrected chi connectivity index (χ3v) is 11.7. The van der Waals surface area contributed by atoms with Crippen LogP contribution in [0.1, 0.15) is 31.7 Å². The number of imide groups is 1. The van der Waals surface area contributed by atoms with E-state index in [1.54, 1.807) is 18.7 Å². The molecule has 0 saturated carbocycles. The number of piperidine rings is 1. The average Bonchev–Trinajstić information content (AvgIpc) is 3.63. The lowest BCUT2D eigenvalue weighted by atomic mass is 9.74. The number of nitrogens with zero attached hydrogens (tertiary/aromatic N) is 5. The zero-order chi connectivity index (χ0) is 36.6. The summed E-state index contributed by atoms with van der Waals surface area (Å²) in [6.07, 6.45) is -4.40. The van der Waals surface area contributed by atoms with E-state index in [1.165, 1.54) is 30.3 Å². The Balaban J connectivity index is 1.25. The Bertz CT molecular complexity index is 1860. The number of halogens is 3. The van der Waals surface area contributed by atoms with Crippen LogP contribution < -0.4 is 10.1 Å². The van der Waals surface area contributed by atoms with E-state index in [4.69, 9.17) is 14.0 Å². The second-order valence-electron chi connectivity index (χ2n) is 13.6. The van der Waals surface area contributed by atoms with Gasteiger partial charge in [-0.05, 0) is 49.7 Å². The van der Waals surface area contributed by atoms with Crippen LogP contribution in [0.2, 0.25) is 0 Å². The molecule has 1 aromatic heterocycles. The number of hydrogen-bond donors (Lipinski definition) is 1. The Morgan fingerprint density at radius 3 is 2.53 bits per heavy atom. The zero-order valence-corrected chi connectivity index (χ0v) is 29.4. The third kappa shape index (κ3) is 7.76. The van der Waals surface area contributed by atoms with E-state index in [0.29, 0.717) is 45.8 Å². The lowest BCUT2D eigenvalue weighted by Crippen LogP contribution is -2.63. The van der Waals surface area contributed by atoms with Crippen molar-refractivity contribution in [2.45, 2.75) is 43.3 Å². The first-order valence-electron chi connectivity index (χ1n) is 16.8. The molecule has 3 aromatic rings. The molecule has 276 valence electrons. The van der Waals surface area contributed by atoms with Gasteiger partial charge in [0.15, 0.2) is 9.84 Å². The van der Waals surface area contributed by atoms with Crippen LogP contribution in [0.25, 0.3) is 11.4 Å². The van der Waals surface area contributed by atoms with Crippen LogP contribution in [0.5, 0.6) is 11.5 Å². The maximum atomic E-state index is 14.4. The number of sulfone groups is 1. The number of carbonyl (C=O) groups excluding carboxylic acids is 2. The molecule has 13 nitrogen and oxygen atoms in total. The van der Waals surface area contributed by atoms with Gasteiger partial charge in [0.2, 0.25) is 11.7 Å². The Morgan fingerprint density at radius 2 is 1.80 bits per heavy atom. The van der Waals surface area contributed by atoms with Crippen molar-refractivity contribution in [2.24, 2.45) is 11.8 Å². The molecule has 17 heteroatoms. The summed E-state index contributed by atoms with van der Waals surface area (Å²) in [5.74, 6) is -2.09. The van der Waals surface area contributed by atoms with Crippen LogP contribution in [0.3, 0.4) is 0 Å². The van der Waals surface area contributed by atoms with Crippen LogP contribution in [0, 0.1) is 11.8 Å². The smallest absolute Gasteiger partial charge is 0.420 e. The maximum absolute atomic E-state index is 14.4. The van der Waals surface area contributed by atoms with E-state index >= 15 is 0 Å². The summed E-state index contributed by atoms with van der Waals surface area (Å²) in [4.78, 5) is 36.7. The molecule has 2 unspecified atom stereocenters. The molecule has 0 radical (unpaired) electrons. The number of carbonyl (C=O) groups is 2. The fourth-order valence-corrected chi connectivity index (χ4v) is 8.86. The lowest BCUT2D eigenvalue weighted by molar-refractivity contribution is -0.138. The van der Waals surface area contributed by atoms with Crippen LogP contribution in [0.4, 0.5) is 18.0 Å². The number of alkyl halides is 3. The van der Waals surface area contributed by atoms with Gasteiger partial charge in [0.1, 0.15) is 21.9 Å². The molecular formula is C34H41F3N6O7S. The number of ether oxygens (including phenoxy) is 2. The van der Waals surface area contributed by atoms with E-state index in [9.17, 15) is 31.2 Å². The fourth-order valence-electron chi connectivity index (χ4n) is 7.10. The summed E-state index contributed by atoms with van der Waals surface area (Å²) in [7, 11) is -1.94.